The summed E-state index contributed by atoms with van der Waals surface area (Å²) in [5.41, 5.74) is 2.79. The topological polar surface area (TPSA) is 105 Å². The first-order chi connectivity index (χ1) is 19.4. The highest BCUT2D eigenvalue weighted by atomic mass is 32.2. The number of aromatic nitrogens is 3. The van der Waals surface area contributed by atoms with Crippen LogP contribution in [0, 0.1) is 6.92 Å². The molecule has 2 heterocycles. The Morgan fingerprint density at radius 3 is 2.58 bits per heavy atom. The Kier molecular flexibility index (Phi) is 9.62. The summed E-state index contributed by atoms with van der Waals surface area (Å²) < 4.78 is 18.3. The predicted octanol–water partition coefficient (Wildman–Crippen LogP) is 6.17. The molecule has 0 bridgehead atoms. The lowest BCUT2D eigenvalue weighted by atomic mass is 10.0. The van der Waals surface area contributed by atoms with Crippen LogP contribution in [0.15, 0.2) is 71.7 Å². The second-order valence-electron chi connectivity index (χ2n) is 8.68. The van der Waals surface area contributed by atoms with Crippen LogP contribution in [0.4, 0.5) is 5.00 Å². The number of para-hydroxylation sites is 1. The maximum Gasteiger partial charge on any atom is 0.341 e. The standard InChI is InChI=1S/C29H30N4O5S2/c1-6-15-33-26(19(3)38-23-10-8-7-9-18(23)2)31-32-29(33)40-17-24(34)30-27-25(28(35)37-5)22(16-39-27)20-11-13-21(36-4)14-12-20/h6-14,16,19H,1,15,17H2,2-5H3,(H,30,34). The van der Waals surface area contributed by atoms with E-state index in [0.717, 1.165) is 16.9 Å². The molecule has 9 nitrogen and oxygen atoms in total. The van der Waals surface area contributed by atoms with E-state index in [2.05, 4.69) is 22.1 Å². The van der Waals surface area contributed by atoms with Crippen LogP contribution in [0.5, 0.6) is 11.5 Å². The van der Waals surface area contributed by atoms with E-state index in [-0.39, 0.29) is 17.8 Å². The van der Waals surface area contributed by atoms with E-state index < -0.39 is 5.97 Å². The second-order valence-corrected chi connectivity index (χ2v) is 10.5. The number of methoxy groups -OCH3 is 2. The number of allylic oxidation sites excluding steroid dienone is 1. The van der Waals surface area contributed by atoms with Gasteiger partial charge in [-0.05, 0) is 43.2 Å². The van der Waals surface area contributed by atoms with Crippen LogP contribution in [-0.2, 0) is 16.1 Å². The Morgan fingerprint density at radius 1 is 1.15 bits per heavy atom. The lowest BCUT2D eigenvalue weighted by Crippen LogP contribution is -2.17. The van der Waals surface area contributed by atoms with Crippen molar-refractivity contribution in [2.45, 2.75) is 31.7 Å². The Labute approximate surface area is 241 Å². The molecule has 0 aliphatic heterocycles. The summed E-state index contributed by atoms with van der Waals surface area (Å²) in [6, 6.07) is 15.1. The Bertz CT molecular complexity index is 1500. The minimum Gasteiger partial charge on any atom is -0.497 e. The van der Waals surface area contributed by atoms with Crippen molar-refractivity contribution < 1.29 is 23.8 Å². The fourth-order valence-corrected chi connectivity index (χ4v) is 5.70. The molecule has 11 heteroatoms. The van der Waals surface area contributed by atoms with Crippen LogP contribution in [0.1, 0.15) is 34.8 Å². The van der Waals surface area contributed by atoms with Gasteiger partial charge in [0.25, 0.3) is 0 Å². The molecule has 1 unspecified atom stereocenters. The van der Waals surface area contributed by atoms with Crippen molar-refractivity contribution in [2.75, 3.05) is 25.3 Å². The highest BCUT2D eigenvalue weighted by molar-refractivity contribution is 7.99. The summed E-state index contributed by atoms with van der Waals surface area (Å²) >= 11 is 2.50. The van der Waals surface area contributed by atoms with E-state index in [4.69, 9.17) is 14.2 Å². The number of carbonyl (C=O) groups is 2. The van der Waals surface area contributed by atoms with Gasteiger partial charge in [-0.15, -0.1) is 28.1 Å². The SMILES string of the molecule is C=CCn1c(SCC(=O)Nc2scc(-c3ccc(OC)cc3)c2C(=O)OC)nnc1C(C)Oc1ccccc1C. The summed E-state index contributed by atoms with van der Waals surface area (Å²) in [7, 11) is 2.90. The van der Waals surface area contributed by atoms with Crippen LogP contribution in [-0.4, -0.2) is 46.6 Å². The average Bonchev–Trinajstić information content (AvgIpc) is 3.57. The fraction of sp³-hybridized carbons (Fsp3) is 0.241. The van der Waals surface area contributed by atoms with Crippen molar-refractivity contribution in [3.05, 3.63) is 83.5 Å². The highest BCUT2D eigenvalue weighted by Crippen LogP contribution is 2.37. The van der Waals surface area contributed by atoms with Crippen molar-refractivity contribution in [1.29, 1.82) is 0 Å². The molecule has 0 aliphatic carbocycles. The number of nitrogens with zero attached hydrogens (tertiary/aromatic N) is 3. The van der Waals surface area contributed by atoms with Gasteiger partial charge in [0.15, 0.2) is 17.1 Å². The van der Waals surface area contributed by atoms with Crippen LogP contribution in [0.2, 0.25) is 0 Å². The van der Waals surface area contributed by atoms with Crippen LogP contribution in [0.25, 0.3) is 11.1 Å². The number of ether oxygens (including phenoxy) is 3. The average molecular weight is 579 g/mol. The second kappa shape index (κ2) is 13.3. The maximum atomic E-state index is 13.0. The third-order valence-electron chi connectivity index (χ3n) is 5.98. The third-order valence-corrected chi connectivity index (χ3v) is 7.85. The number of hydrogen-bond donors (Lipinski definition) is 1. The smallest absolute Gasteiger partial charge is 0.341 e. The number of rotatable bonds is 12. The Balaban J connectivity index is 1.48. The molecule has 1 amide bonds. The molecule has 208 valence electrons. The number of hydrogen-bond acceptors (Lipinski definition) is 9. The van der Waals surface area contributed by atoms with E-state index >= 15 is 0 Å². The van der Waals surface area contributed by atoms with Crippen LogP contribution < -0.4 is 14.8 Å². The number of aryl methyl sites for hydroxylation is 1. The molecule has 0 fully saturated rings. The highest BCUT2D eigenvalue weighted by Gasteiger charge is 2.24. The zero-order valence-electron chi connectivity index (χ0n) is 22.7. The van der Waals surface area contributed by atoms with Crippen molar-refractivity contribution in [3.8, 4) is 22.6 Å². The summed E-state index contributed by atoms with van der Waals surface area (Å²) in [6.45, 7) is 8.18. The molecule has 40 heavy (non-hydrogen) atoms. The molecule has 2 aromatic carbocycles. The van der Waals surface area contributed by atoms with Gasteiger partial charge in [0.05, 0.1) is 20.0 Å². The van der Waals surface area contributed by atoms with Crippen molar-refractivity contribution in [3.63, 3.8) is 0 Å². The van der Waals surface area contributed by atoms with E-state index in [9.17, 15) is 9.59 Å². The number of anilines is 1. The number of esters is 1. The van der Waals surface area contributed by atoms with Gasteiger partial charge in [0.2, 0.25) is 5.91 Å². The van der Waals surface area contributed by atoms with Crippen LogP contribution >= 0.6 is 23.1 Å². The summed E-state index contributed by atoms with van der Waals surface area (Å²) in [5.74, 6) is 1.32. The molecule has 4 rings (SSSR count). The molecule has 0 saturated heterocycles. The molecule has 0 aliphatic rings. The first-order valence-corrected chi connectivity index (χ1v) is 14.3. The van der Waals surface area contributed by atoms with E-state index in [1.165, 1.54) is 30.2 Å². The molecule has 2 aromatic heterocycles. The van der Waals surface area contributed by atoms with E-state index in [1.807, 2.05) is 72.3 Å². The third kappa shape index (κ3) is 6.54. The van der Waals surface area contributed by atoms with Gasteiger partial charge in [-0.2, -0.15) is 0 Å². The Hall–Kier alpha value is -4.09. The van der Waals surface area contributed by atoms with Gasteiger partial charge < -0.3 is 19.5 Å². The number of benzene rings is 2. The first-order valence-electron chi connectivity index (χ1n) is 12.4. The van der Waals surface area contributed by atoms with Gasteiger partial charge in [0, 0.05) is 17.5 Å². The molecule has 0 radical (unpaired) electrons. The van der Waals surface area contributed by atoms with Gasteiger partial charge in [-0.1, -0.05) is 48.2 Å². The van der Waals surface area contributed by atoms with E-state index in [1.54, 1.807) is 13.2 Å². The molecular weight excluding hydrogens is 548 g/mol. The van der Waals surface area contributed by atoms with Crippen molar-refractivity contribution in [2.24, 2.45) is 0 Å². The molecule has 1 atom stereocenters. The van der Waals surface area contributed by atoms with E-state index in [0.29, 0.717) is 39.4 Å². The number of carbonyl (C=O) groups excluding carboxylic acids is 2. The van der Waals surface area contributed by atoms with Crippen molar-refractivity contribution >= 4 is 40.0 Å². The fourth-order valence-electron chi connectivity index (χ4n) is 3.97. The molecule has 0 spiro atoms. The van der Waals surface area contributed by atoms with Gasteiger partial charge >= 0.3 is 5.97 Å². The molecular formula is C29H30N4O5S2. The largest absolute Gasteiger partial charge is 0.497 e. The summed E-state index contributed by atoms with van der Waals surface area (Å²) in [4.78, 5) is 25.6. The lowest BCUT2D eigenvalue weighted by Gasteiger charge is -2.17. The minimum absolute atomic E-state index is 0.0543. The van der Waals surface area contributed by atoms with Crippen LogP contribution in [0.3, 0.4) is 0 Å². The number of nitrogens with one attached hydrogen (secondary N) is 1. The number of thiophene rings is 1. The van der Waals surface area contributed by atoms with Gasteiger partial charge in [-0.25, -0.2) is 4.79 Å². The summed E-state index contributed by atoms with van der Waals surface area (Å²) in [5, 5.41) is 14.3. The predicted molar refractivity (Wildman–Crippen MR) is 157 cm³/mol. The molecule has 0 saturated carbocycles. The monoisotopic (exact) mass is 578 g/mol. The number of amides is 1. The van der Waals surface area contributed by atoms with Gasteiger partial charge in [-0.3, -0.25) is 9.36 Å². The normalized spacial score (nSPS) is 11.5. The minimum atomic E-state index is -0.534. The van der Waals surface area contributed by atoms with Gasteiger partial charge in [0.1, 0.15) is 22.1 Å². The number of thioether (sulfide) groups is 1. The molecule has 1 N–H and O–H groups in total. The zero-order valence-corrected chi connectivity index (χ0v) is 24.3. The lowest BCUT2D eigenvalue weighted by molar-refractivity contribution is -0.113. The Morgan fingerprint density at radius 2 is 1.90 bits per heavy atom. The quantitative estimate of drug-likeness (QED) is 0.121. The summed E-state index contributed by atoms with van der Waals surface area (Å²) in [6.07, 6.45) is 1.37. The van der Waals surface area contributed by atoms with Crippen molar-refractivity contribution in [1.82, 2.24) is 14.8 Å². The first kappa shape index (κ1) is 28.9. The maximum absolute atomic E-state index is 13.0. The zero-order chi connectivity index (χ0) is 28.6. The molecule has 4 aromatic rings.